The number of Topliss-reactive ketones (excluding diaryl/α,β-unsaturated/α-hetero) is 1. The van der Waals surface area contributed by atoms with Gasteiger partial charge in [-0.1, -0.05) is 6.58 Å². The van der Waals surface area contributed by atoms with Crippen molar-refractivity contribution in [3.8, 4) is 0 Å². The number of methoxy groups -OCH3 is 1. The molecular formula is C9H12O5. The summed E-state index contributed by atoms with van der Waals surface area (Å²) < 4.78 is 14.7. The first-order chi connectivity index (χ1) is 6.56. The van der Waals surface area contributed by atoms with E-state index in [4.69, 9.17) is 14.2 Å². The Morgan fingerprint density at radius 3 is 2.79 bits per heavy atom. The van der Waals surface area contributed by atoms with Crippen LogP contribution in [0.25, 0.3) is 0 Å². The van der Waals surface area contributed by atoms with E-state index in [-0.39, 0.29) is 18.1 Å². The summed E-state index contributed by atoms with van der Waals surface area (Å²) >= 11 is 0. The number of hydrogen-bond donors (Lipinski definition) is 0. The lowest BCUT2D eigenvalue weighted by molar-refractivity contribution is -0.146. The molecule has 78 valence electrons. The smallest absolute Gasteiger partial charge is 0.350 e. The van der Waals surface area contributed by atoms with Crippen molar-refractivity contribution >= 4 is 11.8 Å². The van der Waals surface area contributed by atoms with Gasteiger partial charge in [0.2, 0.25) is 6.10 Å². The predicted octanol–water partition coefficient (Wildman–Crippen LogP) is 0.0461. The lowest BCUT2D eigenvalue weighted by Crippen LogP contribution is -2.32. The van der Waals surface area contributed by atoms with E-state index in [0.717, 1.165) is 0 Å². The normalized spacial score (nSPS) is 25.7. The number of carbonyl (C=O) groups is 2. The second kappa shape index (κ2) is 4.23. The number of allylic oxidation sites excluding steroid dienone is 1. The van der Waals surface area contributed by atoms with Crippen molar-refractivity contribution in [3.05, 3.63) is 12.3 Å². The molecule has 1 heterocycles. The molecule has 1 rings (SSSR count). The maximum Gasteiger partial charge on any atom is 0.350 e. The molecule has 0 bridgehead atoms. The van der Waals surface area contributed by atoms with Gasteiger partial charge < -0.3 is 14.2 Å². The van der Waals surface area contributed by atoms with E-state index in [1.807, 2.05) is 0 Å². The fourth-order valence-electron chi connectivity index (χ4n) is 1.04. The number of carbonyl (C=O) groups excluding carboxylic acids is 2. The summed E-state index contributed by atoms with van der Waals surface area (Å²) in [7, 11) is 1.44. The molecule has 1 saturated heterocycles. The Hall–Kier alpha value is -1.36. The predicted molar refractivity (Wildman–Crippen MR) is 46.5 cm³/mol. The minimum absolute atomic E-state index is 0.0594. The first-order valence-electron chi connectivity index (χ1n) is 4.12. The molecular weight excluding hydrogens is 188 g/mol. The van der Waals surface area contributed by atoms with Gasteiger partial charge in [-0.05, 0) is 0 Å². The van der Waals surface area contributed by atoms with Gasteiger partial charge in [-0.15, -0.1) is 0 Å². The van der Waals surface area contributed by atoms with Crippen molar-refractivity contribution < 1.29 is 23.8 Å². The Labute approximate surface area is 81.6 Å². The van der Waals surface area contributed by atoms with Crippen LogP contribution >= 0.6 is 0 Å². The largest absolute Gasteiger partial charge is 0.473 e. The van der Waals surface area contributed by atoms with Crippen LogP contribution in [-0.4, -0.2) is 37.7 Å². The van der Waals surface area contributed by atoms with E-state index in [2.05, 4.69) is 6.58 Å². The molecule has 0 saturated carbocycles. The number of rotatable bonds is 4. The van der Waals surface area contributed by atoms with Crippen molar-refractivity contribution in [2.75, 3.05) is 13.7 Å². The van der Waals surface area contributed by atoms with Gasteiger partial charge in [-0.2, -0.15) is 0 Å². The van der Waals surface area contributed by atoms with E-state index in [9.17, 15) is 9.59 Å². The second-order valence-electron chi connectivity index (χ2n) is 2.92. The number of cyclic esters (lactones) is 1. The summed E-state index contributed by atoms with van der Waals surface area (Å²) in [5.41, 5.74) is 0. The zero-order valence-electron chi connectivity index (χ0n) is 8.11. The molecule has 0 aromatic heterocycles. The van der Waals surface area contributed by atoms with Crippen LogP contribution in [0.4, 0.5) is 0 Å². The molecule has 1 aliphatic rings. The fourth-order valence-corrected chi connectivity index (χ4v) is 1.04. The van der Waals surface area contributed by atoms with Crippen LogP contribution in [0.3, 0.4) is 0 Å². The second-order valence-corrected chi connectivity index (χ2v) is 2.92. The molecule has 5 nitrogen and oxygen atoms in total. The SMILES string of the molecule is C=C(OC1C(=O)OCC1OC)C(C)=O. The molecule has 14 heavy (non-hydrogen) atoms. The number of ketones is 1. The molecule has 0 aromatic carbocycles. The number of esters is 1. The molecule has 0 N–H and O–H groups in total. The lowest BCUT2D eigenvalue weighted by atomic mass is 10.2. The Balaban J connectivity index is 2.61. The topological polar surface area (TPSA) is 61.8 Å². The molecule has 2 atom stereocenters. The average Bonchev–Trinajstić information content (AvgIpc) is 2.47. The minimum Gasteiger partial charge on any atom is -0.473 e. The Morgan fingerprint density at radius 1 is 1.64 bits per heavy atom. The van der Waals surface area contributed by atoms with Gasteiger partial charge in [0.1, 0.15) is 12.7 Å². The van der Waals surface area contributed by atoms with Gasteiger partial charge in [0.05, 0.1) is 0 Å². The first kappa shape index (κ1) is 10.7. The van der Waals surface area contributed by atoms with Crippen molar-refractivity contribution in [2.24, 2.45) is 0 Å². The third-order valence-corrected chi connectivity index (χ3v) is 1.92. The highest BCUT2D eigenvalue weighted by Crippen LogP contribution is 2.17. The Kier molecular flexibility index (Phi) is 3.24. The van der Waals surface area contributed by atoms with Gasteiger partial charge in [0.25, 0.3) is 0 Å². The molecule has 2 unspecified atom stereocenters. The van der Waals surface area contributed by atoms with Crippen LogP contribution in [0, 0.1) is 0 Å². The van der Waals surface area contributed by atoms with Gasteiger partial charge in [-0.25, -0.2) is 4.79 Å². The van der Waals surface area contributed by atoms with Crippen molar-refractivity contribution in [1.82, 2.24) is 0 Å². The third kappa shape index (κ3) is 2.11. The maximum atomic E-state index is 11.1. The molecule has 0 aromatic rings. The molecule has 1 fully saturated rings. The molecule has 5 heteroatoms. The summed E-state index contributed by atoms with van der Waals surface area (Å²) in [4.78, 5) is 21.9. The summed E-state index contributed by atoms with van der Waals surface area (Å²) in [5.74, 6) is -0.908. The number of ether oxygens (including phenoxy) is 3. The van der Waals surface area contributed by atoms with Gasteiger partial charge in [0, 0.05) is 14.0 Å². The molecule has 0 radical (unpaired) electrons. The van der Waals surface area contributed by atoms with E-state index in [1.54, 1.807) is 0 Å². The van der Waals surface area contributed by atoms with E-state index >= 15 is 0 Å². The molecule has 1 aliphatic heterocycles. The summed E-state index contributed by atoms with van der Waals surface area (Å²) in [5, 5.41) is 0. The fraction of sp³-hybridized carbons (Fsp3) is 0.556. The Bertz CT molecular complexity index is 270. The zero-order chi connectivity index (χ0) is 10.7. The van der Waals surface area contributed by atoms with Crippen LogP contribution in [0.15, 0.2) is 12.3 Å². The van der Waals surface area contributed by atoms with Crippen LogP contribution < -0.4 is 0 Å². The van der Waals surface area contributed by atoms with Gasteiger partial charge in [-0.3, -0.25) is 4.79 Å². The van der Waals surface area contributed by atoms with Crippen LogP contribution in [0.1, 0.15) is 6.92 Å². The summed E-state index contributed by atoms with van der Waals surface area (Å²) in [6.07, 6.45) is -1.35. The summed E-state index contributed by atoms with van der Waals surface area (Å²) in [6, 6.07) is 0. The Morgan fingerprint density at radius 2 is 2.29 bits per heavy atom. The van der Waals surface area contributed by atoms with E-state index in [0.29, 0.717) is 0 Å². The molecule has 0 aliphatic carbocycles. The highest BCUT2D eigenvalue weighted by molar-refractivity contribution is 5.91. The maximum absolute atomic E-state index is 11.1. The van der Waals surface area contributed by atoms with Crippen molar-refractivity contribution in [1.29, 1.82) is 0 Å². The van der Waals surface area contributed by atoms with E-state index < -0.39 is 18.2 Å². The van der Waals surface area contributed by atoms with E-state index in [1.165, 1.54) is 14.0 Å². The van der Waals surface area contributed by atoms with Crippen LogP contribution in [0.2, 0.25) is 0 Å². The van der Waals surface area contributed by atoms with Crippen LogP contribution in [-0.2, 0) is 23.8 Å². The highest BCUT2D eigenvalue weighted by Gasteiger charge is 2.39. The standard InChI is InChI=1S/C9H12O5/c1-5(10)6(2)14-8-7(12-3)4-13-9(8)11/h7-8H,2,4H2,1,3H3. The monoisotopic (exact) mass is 200 g/mol. The third-order valence-electron chi connectivity index (χ3n) is 1.92. The number of hydrogen-bond acceptors (Lipinski definition) is 5. The lowest BCUT2D eigenvalue weighted by Gasteiger charge is -2.15. The molecule has 0 spiro atoms. The zero-order valence-corrected chi connectivity index (χ0v) is 8.11. The van der Waals surface area contributed by atoms with Gasteiger partial charge in [0.15, 0.2) is 11.5 Å². The molecule has 0 amide bonds. The van der Waals surface area contributed by atoms with Crippen molar-refractivity contribution in [2.45, 2.75) is 19.1 Å². The minimum atomic E-state index is -0.878. The van der Waals surface area contributed by atoms with Crippen molar-refractivity contribution in [3.63, 3.8) is 0 Å². The van der Waals surface area contributed by atoms with Gasteiger partial charge >= 0.3 is 5.97 Å². The summed E-state index contributed by atoms with van der Waals surface area (Å²) in [6.45, 7) is 4.84. The first-order valence-corrected chi connectivity index (χ1v) is 4.12. The van der Waals surface area contributed by atoms with Crippen LogP contribution in [0.5, 0.6) is 0 Å². The quantitative estimate of drug-likeness (QED) is 0.364. The average molecular weight is 200 g/mol. The highest BCUT2D eigenvalue weighted by atomic mass is 16.6.